The number of fused-ring (bicyclic) bond motifs is 1. The monoisotopic (exact) mass is 578 g/mol. The van der Waals surface area contributed by atoms with Crippen molar-refractivity contribution in [2.75, 3.05) is 45.2 Å². The van der Waals surface area contributed by atoms with Crippen LogP contribution >= 0.6 is 22.9 Å². The second-order valence-corrected chi connectivity index (χ2v) is 11.3. The molecule has 2 heterocycles. The molecule has 0 saturated carbocycles. The van der Waals surface area contributed by atoms with E-state index in [4.69, 9.17) is 16.3 Å². The number of carbonyl (C=O) groups excluding carboxylic acids is 2. The number of benzene rings is 3. The average Bonchev–Trinajstić information content (AvgIpc) is 3.25. The van der Waals surface area contributed by atoms with Gasteiger partial charge in [-0.2, -0.15) is 0 Å². The van der Waals surface area contributed by atoms with Gasteiger partial charge < -0.3 is 15.0 Å². The molecule has 8 nitrogen and oxygen atoms in total. The molecule has 208 valence electrons. The van der Waals surface area contributed by atoms with Gasteiger partial charge in [0.15, 0.2) is 0 Å². The van der Waals surface area contributed by atoms with Crippen molar-refractivity contribution in [1.82, 2.24) is 14.4 Å². The van der Waals surface area contributed by atoms with Gasteiger partial charge in [-0.05, 0) is 47.0 Å². The lowest BCUT2D eigenvalue weighted by atomic mass is 9.99. The quantitative estimate of drug-likeness (QED) is 0.322. The number of rotatable bonds is 8. The van der Waals surface area contributed by atoms with E-state index in [1.165, 1.54) is 11.5 Å². The minimum absolute atomic E-state index is 0.0662. The number of amides is 2. The number of ether oxygens (including phenoxy) is 1. The van der Waals surface area contributed by atoms with Crippen molar-refractivity contribution < 1.29 is 14.3 Å². The maximum Gasteiger partial charge on any atom is 0.308 e. The fraction of sp³-hybridized carbons (Fsp3) is 0.300. The predicted molar refractivity (Wildman–Crippen MR) is 160 cm³/mol. The molecule has 2 amide bonds. The van der Waals surface area contributed by atoms with Crippen molar-refractivity contribution in [3.05, 3.63) is 87.0 Å². The number of hydrogen-bond donors (Lipinski definition) is 1. The molecule has 1 fully saturated rings. The van der Waals surface area contributed by atoms with Gasteiger partial charge in [0.25, 0.3) is 0 Å². The summed E-state index contributed by atoms with van der Waals surface area (Å²) in [7, 11) is 1.80. The minimum atomic E-state index is -0.227. The lowest BCUT2D eigenvalue weighted by molar-refractivity contribution is -0.133. The number of likely N-dealkylation sites (N-methyl/N-ethyl adjacent to an activating group) is 1. The second-order valence-electron chi connectivity index (χ2n) is 9.88. The molecule has 1 aliphatic heterocycles. The standard InChI is InChI=1S/C30H31ClN4O4S/c1-20(36)32-25-5-3-4-23(16-25)21-6-8-22(9-7-21)27(18-34-12-14-39-15-13-34)33(2)29(37)19-35-26-17-24(31)10-11-28(26)40-30(35)38/h3-11,16-17,27H,12-15,18-19H2,1-2H3,(H,32,36). The lowest BCUT2D eigenvalue weighted by Gasteiger charge is -2.35. The van der Waals surface area contributed by atoms with E-state index in [-0.39, 0.29) is 29.3 Å². The summed E-state index contributed by atoms with van der Waals surface area (Å²) in [4.78, 5) is 41.7. The molecule has 1 unspecified atom stereocenters. The van der Waals surface area contributed by atoms with Crippen LogP contribution in [0, 0.1) is 0 Å². The first-order valence-electron chi connectivity index (χ1n) is 13.1. The second kappa shape index (κ2) is 12.3. The number of aromatic nitrogens is 1. The van der Waals surface area contributed by atoms with Crippen LogP contribution in [0.25, 0.3) is 21.3 Å². The van der Waals surface area contributed by atoms with Crippen molar-refractivity contribution >= 4 is 50.7 Å². The highest BCUT2D eigenvalue weighted by atomic mass is 35.5. The van der Waals surface area contributed by atoms with Gasteiger partial charge in [-0.15, -0.1) is 0 Å². The molecule has 0 radical (unpaired) electrons. The molecule has 0 spiro atoms. The third-order valence-corrected chi connectivity index (χ3v) is 8.33. The maximum atomic E-state index is 13.6. The zero-order valence-corrected chi connectivity index (χ0v) is 24.0. The largest absolute Gasteiger partial charge is 0.379 e. The molecule has 3 aromatic carbocycles. The van der Waals surface area contributed by atoms with E-state index in [9.17, 15) is 14.4 Å². The van der Waals surface area contributed by atoms with Gasteiger partial charge in [0.1, 0.15) is 6.54 Å². The van der Waals surface area contributed by atoms with Crippen LogP contribution in [0.5, 0.6) is 0 Å². The number of carbonyl (C=O) groups is 2. The summed E-state index contributed by atoms with van der Waals surface area (Å²) in [6.07, 6.45) is 0. The van der Waals surface area contributed by atoms with Crippen LogP contribution in [0.1, 0.15) is 18.5 Å². The molecule has 0 bridgehead atoms. The van der Waals surface area contributed by atoms with E-state index in [0.29, 0.717) is 30.3 Å². The third-order valence-electron chi connectivity index (χ3n) is 7.13. The maximum absolute atomic E-state index is 13.6. The van der Waals surface area contributed by atoms with Crippen molar-refractivity contribution in [3.8, 4) is 11.1 Å². The summed E-state index contributed by atoms with van der Waals surface area (Å²) in [5.74, 6) is -0.279. The van der Waals surface area contributed by atoms with Crippen LogP contribution in [-0.4, -0.2) is 66.1 Å². The highest BCUT2D eigenvalue weighted by Gasteiger charge is 2.26. The fourth-order valence-corrected chi connectivity index (χ4v) is 6.00. The number of anilines is 1. The first kappa shape index (κ1) is 28.0. The molecule has 1 aromatic heterocycles. The van der Waals surface area contributed by atoms with Crippen molar-refractivity contribution in [3.63, 3.8) is 0 Å². The van der Waals surface area contributed by atoms with Gasteiger partial charge in [0, 0.05) is 44.3 Å². The Labute approximate surface area is 241 Å². The number of nitrogens with one attached hydrogen (secondary N) is 1. The van der Waals surface area contributed by atoms with Gasteiger partial charge in [0.05, 0.1) is 29.5 Å². The van der Waals surface area contributed by atoms with Crippen molar-refractivity contribution in [2.24, 2.45) is 0 Å². The Morgan fingerprint density at radius 2 is 1.80 bits per heavy atom. The van der Waals surface area contributed by atoms with E-state index in [2.05, 4.69) is 10.2 Å². The topological polar surface area (TPSA) is 83.9 Å². The molecule has 4 aromatic rings. The number of halogens is 1. The molecular formula is C30H31ClN4O4S. The summed E-state index contributed by atoms with van der Waals surface area (Å²) >= 11 is 7.30. The van der Waals surface area contributed by atoms with Crippen LogP contribution in [0.3, 0.4) is 0 Å². The molecule has 10 heteroatoms. The van der Waals surface area contributed by atoms with Crippen LogP contribution in [-0.2, 0) is 20.9 Å². The normalized spacial score (nSPS) is 14.7. The first-order valence-corrected chi connectivity index (χ1v) is 14.3. The summed E-state index contributed by atoms with van der Waals surface area (Å²) < 4.78 is 7.83. The number of hydrogen-bond acceptors (Lipinski definition) is 6. The van der Waals surface area contributed by atoms with Crippen LogP contribution in [0.2, 0.25) is 5.02 Å². The molecule has 1 atom stereocenters. The molecule has 40 heavy (non-hydrogen) atoms. The van der Waals surface area contributed by atoms with Gasteiger partial charge in [0.2, 0.25) is 11.8 Å². The average molecular weight is 579 g/mol. The Bertz CT molecular complexity index is 1580. The fourth-order valence-electron chi connectivity index (χ4n) is 4.96. The zero-order chi connectivity index (χ0) is 28.2. The Morgan fingerprint density at radius 3 is 2.52 bits per heavy atom. The Morgan fingerprint density at radius 1 is 1.05 bits per heavy atom. The van der Waals surface area contributed by atoms with E-state index in [1.54, 1.807) is 24.1 Å². The van der Waals surface area contributed by atoms with Gasteiger partial charge in [-0.25, -0.2) is 0 Å². The molecule has 1 aliphatic rings. The minimum Gasteiger partial charge on any atom is -0.379 e. The van der Waals surface area contributed by atoms with Crippen molar-refractivity contribution in [1.29, 1.82) is 0 Å². The summed E-state index contributed by atoms with van der Waals surface area (Å²) in [6, 6.07) is 20.9. The van der Waals surface area contributed by atoms with Crippen LogP contribution in [0.4, 0.5) is 5.69 Å². The van der Waals surface area contributed by atoms with Gasteiger partial charge in [-0.3, -0.25) is 23.9 Å². The SMILES string of the molecule is CC(=O)Nc1cccc(-c2ccc(C(CN3CCOCC3)N(C)C(=O)Cn3c(=O)sc4ccc(Cl)cc43)cc2)c1. The first-order chi connectivity index (χ1) is 19.3. The molecular weight excluding hydrogens is 548 g/mol. The highest BCUT2D eigenvalue weighted by Crippen LogP contribution is 2.28. The lowest BCUT2D eigenvalue weighted by Crippen LogP contribution is -2.44. The molecule has 1 N–H and O–H groups in total. The Kier molecular flexibility index (Phi) is 8.66. The van der Waals surface area contributed by atoms with Crippen LogP contribution < -0.4 is 10.2 Å². The van der Waals surface area contributed by atoms with E-state index in [1.807, 2.05) is 54.6 Å². The zero-order valence-electron chi connectivity index (χ0n) is 22.4. The molecule has 1 saturated heterocycles. The Hall–Kier alpha value is -3.50. The summed E-state index contributed by atoms with van der Waals surface area (Å²) in [5, 5.41) is 3.34. The third kappa shape index (κ3) is 6.45. The van der Waals surface area contributed by atoms with E-state index < -0.39 is 0 Å². The van der Waals surface area contributed by atoms with E-state index >= 15 is 0 Å². The number of morpholine rings is 1. The van der Waals surface area contributed by atoms with E-state index in [0.717, 1.165) is 51.5 Å². The molecule has 5 rings (SSSR count). The predicted octanol–water partition coefficient (Wildman–Crippen LogP) is 4.87. The smallest absolute Gasteiger partial charge is 0.308 e. The van der Waals surface area contributed by atoms with Gasteiger partial charge >= 0.3 is 4.87 Å². The van der Waals surface area contributed by atoms with Crippen molar-refractivity contribution in [2.45, 2.75) is 19.5 Å². The van der Waals surface area contributed by atoms with Crippen LogP contribution in [0.15, 0.2) is 71.5 Å². The number of nitrogens with zero attached hydrogens (tertiary/aromatic N) is 3. The summed E-state index contributed by atoms with van der Waals surface area (Å²) in [6.45, 7) is 4.97. The van der Waals surface area contributed by atoms with Gasteiger partial charge in [-0.1, -0.05) is 59.3 Å². The number of thiazole rings is 1. The molecule has 0 aliphatic carbocycles. The highest BCUT2D eigenvalue weighted by molar-refractivity contribution is 7.16. The Balaban J connectivity index is 1.41. The summed E-state index contributed by atoms with van der Waals surface area (Å²) in [5.41, 5.74) is 4.38.